The number of quaternary nitrogens is 1. The van der Waals surface area contributed by atoms with Crippen LogP contribution in [0.3, 0.4) is 0 Å². The number of amides is 3. The average molecular weight is 372 g/mol. The van der Waals surface area contributed by atoms with Crippen LogP contribution in [0.25, 0.3) is 0 Å². The molecule has 0 radical (unpaired) electrons. The Kier molecular flexibility index (Phi) is 5.08. The van der Waals surface area contributed by atoms with Crippen molar-refractivity contribution in [1.29, 1.82) is 0 Å². The normalized spacial score (nSPS) is 23.1. The lowest BCUT2D eigenvalue weighted by molar-refractivity contribution is -0.901. The minimum atomic E-state index is -0.622. The van der Waals surface area contributed by atoms with Crippen LogP contribution in [0.5, 0.6) is 0 Å². The third-order valence-corrected chi connectivity index (χ3v) is 6.31. The molecular weight excluding hydrogens is 340 g/mol. The molecule has 2 N–H and O–H groups in total. The molecule has 1 aromatic rings. The highest BCUT2D eigenvalue weighted by Gasteiger charge is 2.52. The highest BCUT2D eigenvalue weighted by atomic mass is 16.2. The van der Waals surface area contributed by atoms with Gasteiger partial charge in [-0.05, 0) is 31.7 Å². The van der Waals surface area contributed by atoms with Crippen LogP contribution >= 0.6 is 0 Å². The number of nitrogens with zero attached hydrogens (tertiary/aromatic N) is 2. The molecule has 1 spiro atoms. The average Bonchev–Trinajstić information content (AvgIpc) is 3.27. The van der Waals surface area contributed by atoms with Gasteiger partial charge in [0.2, 0.25) is 0 Å². The Hall–Kier alpha value is -2.08. The first-order valence-corrected chi connectivity index (χ1v) is 10.4. The van der Waals surface area contributed by atoms with Gasteiger partial charge in [0.1, 0.15) is 12.1 Å². The molecule has 2 aliphatic heterocycles. The molecule has 3 fully saturated rings. The molecule has 2 saturated heterocycles. The van der Waals surface area contributed by atoms with Gasteiger partial charge in [-0.1, -0.05) is 37.5 Å². The fourth-order valence-electron chi connectivity index (χ4n) is 4.89. The first-order chi connectivity index (χ1) is 13.1. The molecule has 0 aromatic heterocycles. The maximum atomic E-state index is 13.0. The van der Waals surface area contributed by atoms with E-state index in [1.54, 1.807) is 0 Å². The van der Waals surface area contributed by atoms with Gasteiger partial charge in [-0.3, -0.25) is 4.79 Å². The quantitative estimate of drug-likeness (QED) is 0.772. The molecule has 1 atom stereocenters. The summed E-state index contributed by atoms with van der Waals surface area (Å²) >= 11 is 0. The zero-order chi connectivity index (χ0) is 18.9. The number of carbonyl (C=O) groups excluding carboxylic acids is 2. The Morgan fingerprint density at radius 1 is 1.04 bits per heavy atom. The van der Waals surface area contributed by atoms with Gasteiger partial charge < -0.3 is 15.1 Å². The number of hydrogen-bond donors (Lipinski definition) is 2. The summed E-state index contributed by atoms with van der Waals surface area (Å²) in [6.45, 7) is 3.45. The van der Waals surface area contributed by atoms with E-state index in [-0.39, 0.29) is 11.9 Å². The summed E-state index contributed by atoms with van der Waals surface area (Å²) in [6.07, 6.45) is 7.26. The fraction of sp³-hybridized carbons (Fsp3) is 0.619. The van der Waals surface area contributed by atoms with Crippen molar-refractivity contribution < 1.29 is 14.5 Å². The van der Waals surface area contributed by atoms with Gasteiger partial charge in [-0.2, -0.15) is 0 Å². The van der Waals surface area contributed by atoms with E-state index in [1.165, 1.54) is 29.0 Å². The number of carbonyl (C=O) groups is 2. The highest BCUT2D eigenvalue weighted by molar-refractivity contribution is 6.06. The molecular formula is C21H31N4O2+. The van der Waals surface area contributed by atoms with E-state index in [0.717, 1.165) is 56.6 Å². The lowest BCUT2D eigenvalue weighted by Crippen LogP contribution is -3.09. The predicted octanol–water partition coefficient (Wildman–Crippen LogP) is 1.51. The number of benzene rings is 1. The summed E-state index contributed by atoms with van der Waals surface area (Å²) in [7, 11) is 2.06. The van der Waals surface area contributed by atoms with Crippen molar-refractivity contribution in [3.8, 4) is 0 Å². The van der Waals surface area contributed by atoms with Crippen LogP contribution in [0, 0.1) is 0 Å². The summed E-state index contributed by atoms with van der Waals surface area (Å²) < 4.78 is 0. The van der Waals surface area contributed by atoms with E-state index in [9.17, 15) is 9.59 Å². The van der Waals surface area contributed by atoms with Crippen molar-refractivity contribution in [3.05, 3.63) is 29.8 Å². The van der Waals surface area contributed by atoms with Gasteiger partial charge in [0.25, 0.3) is 5.91 Å². The van der Waals surface area contributed by atoms with Gasteiger partial charge >= 0.3 is 6.03 Å². The first-order valence-electron chi connectivity index (χ1n) is 10.4. The number of para-hydroxylation sites is 1. The first kappa shape index (κ1) is 18.3. The lowest BCUT2D eigenvalue weighted by Gasteiger charge is -2.30. The monoisotopic (exact) mass is 371 g/mol. The zero-order valence-electron chi connectivity index (χ0n) is 16.3. The number of nitrogens with one attached hydrogen (secondary N) is 2. The molecule has 6 heteroatoms. The van der Waals surface area contributed by atoms with Crippen molar-refractivity contribution in [1.82, 2.24) is 10.2 Å². The Morgan fingerprint density at radius 3 is 2.48 bits per heavy atom. The van der Waals surface area contributed by atoms with Crippen LogP contribution in [0.15, 0.2) is 24.3 Å². The second-order valence-electron chi connectivity index (χ2n) is 8.42. The van der Waals surface area contributed by atoms with Crippen molar-refractivity contribution >= 4 is 17.6 Å². The number of rotatable bonds is 5. The topological polar surface area (TPSA) is 57.1 Å². The molecule has 3 amide bonds. The molecule has 3 aliphatic rings. The summed E-state index contributed by atoms with van der Waals surface area (Å²) in [4.78, 5) is 30.5. The van der Waals surface area contributed by atoms with E-state index >= 15 is 0 Å². The maximum absolute atomic E-state index is 13.0. The summed E-state index contributed by atoms with van der Waals surface area (Å²) in [6, 6.07) is 8.32. The molecule has 146 valence electrons. The van der Waals surface area contributed by atoms with Crippen LogP contribution in [-0.4, -0.2) is 49.2 Å². The number of urea groups is 1. The maximum Gasteiger partial charge on any atom is 0.329 e. The fourth-order valence-corrected chi connectivity index (χ4v) is 4.89. The minimum absolute atomic E-state index is 0.0145. The molecule has 27 heavy (non-hydrogen) atoms. The van der Waals surface area contributed by atoms with Crippen LogP contribution in [-0.2, 0) is 11.3 Å². The van der Waals surface area contributed by atoms with Gasteiger partial charge in [0, 0.05) is 24.3 Å². The number of hydrogen-bond acceptors (Lipinski definition) is 3. The smallest absolute Gasteiger partial charge is 0.329 e. The predicted molar refractivity (Wildman–Crippen MR) is 105 cm³/mol. The van der Waals surface area contributed by atoms with Gasteiger partial charge in [0.15, 0.2) is 6.67 Å². The summed E-state index contributed by atoms with van der Waals surface area (Å²) in [5.41, 5.74) is 1.97. The standard InChI is InChI=1S/C21H30N4O2/c1-23(15-17-9-3-4-10-18(17)24-13-7-8-14-24)16-25-19(26)21(22-20(25)27)11-5-2-6-12-21/h3-4,9-10H,2,5-8,11-16H2,1H3,(H,22,27)/p+1. The summed E-state index contributed by atoms with van der Waals surface area (Å²) in [5, 5.41) is 3.01. The van der Waals surface area contributed by atoms with Crippen molar-refractivity contribution in [3.63, 3.8) is 0 Å². The SMILES string of the molecule is C[NH+](Cc1ccccc1N1CCCC1)CN1C(=O)NC2(CCCCC2)C1=O. The highest BCUT2D eigenvalue weighted by Crippen LogP contribution is 2.33. The van der Waals surface area contributed by atoms with Gasteiger partial charge in [0.05, 0.1) is 7.05 Å². The van der Waals surface area contributed by atoms with Gasteiger partial charge in [-0.15, -0.1) is 0 Å². The van der Waals surface area contributed by atoms with E-state index in [4.69, 9.17) is 0 Å². The van der Waals surface area contributed by atoms with Gasteiger partial charge in [-0.25, -0.2) is 9.69 Å². The third-order valence-electron chi connectivity index (χ3n) is 6.31. The summed E-state index contributed by atoms with van der Waals surface area (Å²) in [5.74, 6) is -0.0145. The molecule has 6 nitrogen and oxygen atoms in total. The van der Waals surface area contributed by atoms with Crippen LogP contribution in [0.4, 0.5) is 10.5 Å². The second kappa shape index (κ2) is 7.50. The van der Waals surface area contributed by atoms with E-state index in [0.29, 0.717) is 6.67 Å². The molecule has 0 bridgehead atoms. The Labute approximate surface area is 161 Å². The largest absolute Gasteiger partial charge is 0.371 e. The van der Waals surface area contributed by atoms with E-state index in [1.807, 2.05) is 0 Å². The lowest BCUT2D eigenvalue weighted by atomic mass is 9.82. The van der Waals surface area contributed by atoms with Crippen LogP contribution in [0.2, 0.25) is 0 Å². The Bertz CT molecular complexity index is 708. The minimum Gasteiger partial charge on any atom is -0.371 e. The molecule has 1 aromatic carbocycles. The second-order valence-corrected chi connectivity index (χ2v) is 8.42. The van der Waals surface area contributed by atoms with E-state index in [2.05, 4.69) is 41.5 Å². The van der Waals surface area contributed by atoms with Crippen LogP contribution < -0.4 is 15.1 Å². The molecule has 4 rings (SSSR count). The Balaban J connectivity index is 1.43. The number of anilines is 1. The Morgan fingerprint density at radius 2 is 1.74 bits per heavy atom. The number of imide groups is 1. The van der Waals surface area contributed by atoms with E-state index < -0.39 is 5.54 Å². The third kappa shape index (κ3) is 3.55. The molecule has 1 aliphatic carbocycles. The molecule has 2 heterocycles. The molecule has 1 unspecified atom stereocenters. The van der Waals surface area contributed by atoms with Crippen molar-refractivity contribution in [2.24, 2.45) is 0 Å². The van der Waals surface area contributed by atoms with Crippen molar-refractivity contribution in [2.75, 3.05) is 31.7 Å². The zero-order valence-corrected chi connectivity index (χ0v) is 16.3. The van der Waals surface area contributed by atoms with Crippen LogP contribution in [0.1, 0.15) is 50.5 Å². The molecule has 1 saturated carbocycles. The van der Waals surface area contributed by atoms with Crippen molar-refractivity contribution in [2.45, 2.75) is 57.0 Å².